The van der Waals surface area contributed by atoms with E-state index in [0.717, 1.165) is 41.5 Å². The van der Waals surface area contributed by atoms with Crippen LogP contribution in [-0.2, 0) is 11.3 Å². The zero-order valence-corrected chi connectivity index (χ0v) is 14.7. The lowest BCUT2D eigenvalue weighted by Crippen LogP contribution is -2.16. The van der Waals surface area contributed by atoms with Crippen LogP contribution in [-0.4, -0.2) is 41.2 Å². The van der Waals surface area contributed by atoms with Crippen LogP contribution in [0.15, 0.2) is 54.9 Å². The van der Waals surface area contributed by atoms with Crippen LogP contribution < -0.4 is 9.47 Å². The van der Waals surface area contributed by atoms with Crippen LogP contribution in [0.3, 0.4) is 0 Å². The van der Waals surface area contributed by atoms with Crippen LogP contribution in [0, 0.1) is 0 Å². The molecule has 6 heteroatoms. The van der Waals surface area contributed by atoms with Crippen molar-refractivity contribution in [1.29, 1.82) is 0 Å². The van der Waals surface area contributed by atoms with Gasteiger partial charge in [-0.1, -0.05) is 6.07 Å². The van der Waals surface area contributed by atoms with Gasteiger partial charge in [-0.15, -0.1) is 0 Å². The van der Waals surface area contributed by atoms with Gasteiger partial charge in [-0.05, 0) is 30.3 Å². The lowest BCUT2D eigenvalue weighted by Gasteiger charge is -2.16. The summed E-state index contributed by atoms with van der Waals surface area (Å²) in [6, 6.07) is 13.7. The predicted molar refractivity (Wildman–Crippen MR) is 97.4 cm³/mol. The molecule has 1 aliphatic heterocycles. The number of aromatic nitrogens is 3. The highest BCUT2D eigenvalue weighted by Crippen LogP contribution is 2.34. The van der Waals surface area contributed by atoms with Crippen molar-refractivity contribution >= 4 is 0 Å². The number of nitrogens with zero attached hydrogens (tertiary/aromatic N) is 3. The monoisotopic (exact) mass is 351 g/mol. The molecular formula is C20H21N3O3. The fourth-order valence-corrected chi connectivity index (χ4v) is 2.98. The third kappa shape index (κ3) is 3.70. The predicted octanol–water partition coefficient (Wildman–Crippen LogP) is 3.17. The second-order valence-electron chi connectivity index (χ2n) is 6.19. The Morgan fingerprint density at radius 2 is 2.19 bits per heavy atom. The molecule has 134 valence electrons. The molecule has 3 aromatic rings. The van der Waals surface area contributed by atoms with Crippen molar-refractivity contribution in [2.45, 2.75) is 19.1 Å². The lowest BCUT2D eigenvalue weighted by molar-refractivity contribution is 0.141. The average molecular weight is 351 g/mol. The summed E-state index contributed by atoms with van der Waals surface area (Å²) < 4.78 is 18.8. The van der Waals surface area contributed by atoms with Gasteiger partial charge in [0.15, 0.2) is 0 Å². The minimum absolute atomic E-state index is 0.0662. The van der Waals surface area contributed by atoms with Crippen molar-refractivity contribution in [1.82, 2.24) is 14.8 Å². The normalized spacial score (nSPS) is 16.6. The Hall–Kier alpha value is -2.86. The Balaban J connectivity index is 1.60. The number of methoxy groups -OCH3 is 1. The van der Waals surface area contributed by atoms with Gasteiger partial charge in [0.25, 0.3) is 0 Å². The lowest BCUT2D eigenvalue weighted by atomic mass is 10.1. The first-order valence-corrected chi connectivity index (χ1v) is 8.68. The molecule has 0 radical (unpaired) electrons. The number of benzene rings is 1. The Bertz CT molecular complexity index is 858. The van der Waals surface area contributed by atoms with Crippen molar-refractivity contribution in [3.05, 3.63) is 60.6 Å². The molecule has 1 aliphatic rings. The molecule has 0 unspecified atom stereocenters. The van der Waals surface area contributed by atoms with E-state index in [2.05, 4.69) is 4.98 Å². The maximum absolute atomic E-state index is 6.16. The molecule has 0 N–H and O–H groups in total. The minimum Gasteiger partial charge on any atom is -0.497 e. The average Bonchev–Trinajstić information content (AvgIpc) is 3.35. The first kappa shape index (κ1) is 16.6. The van der Waals surface area contributed by atoms with Gasteiger partial charge in [-0.3, -0.25) is 9.67 Å². The van der Waals surface area contributed by atoms with E-state index < -0.39 is 0 Å². The molecule has 3 heterocycles. The Labute approximate surface area is 152 Å². The molecule has 0 spiro atoms. The fourth-order valence-electron chi connectivity index (χ4n) is 2.98. The number of hydrogen-bond donors (Lipinski definition) is 0. The van der Waals surface area contributed by atoms with Crippen molar-refractivity contribution in [3.63, 3.8) is 0 Å². The molecule has 0 aliphatic carbocycles. The summed E-state index contributed by atoms with van der Waals surface area (Å²) in [5, 5.41) is 4.69. The summed E-state index contributed by atoms with van der Waals surface area (Å²) in [5.74, 6) is 1.53. The molecule has 2 aromatic heterocycles. The van der Waals surface area contributed by atoms with E-state index in [1.165, 1.54) is 0 Å². The smallest absolute Gasteiger partial charge is 0.133 e. The summed E-state index contributed by atoms with van der Waals surface area (Å²) in [6.07, 6.45) is 4.71. The fraction of sp³-hybridized carbons (Fsp3) is 0.300. The highest BCUT2D eigenvalue weighted by molar-refractivity contribution is 5.68. The van der Waals surface area contributed by atoms with Gasteiger partial charge in [0, 0.05) is 30.4 Å². The van der Waals surface area contributed by atoms with Gasteiger partial charge in [0.1, 0.15) is 17.6 Å². The number of ether oxygens (including phenoxy) is 3. The summed E-state index contributed by atoms with van der Waals surface area (Å²) in [4.78, 5) is 4.35. The van der Waals surface area contributed by atoms with Crippen molar-refractivity contribution < 1.29 is 14.2 Å². The van der Waals surface area contributed by atoms with Gasteiger partial charge in [0.05, 0.1) is 38.3 Å². The first-order valence-electron chi connectivity index (χ1n) is 8.68. The topological polar surface area (TPSA) is 58.4 Å². The van der Waals surface area contributed by atoms with Gasteiger partial charge in [-0.25, -0.2) is 0 Å². The van der Waals surface area contributed by atoms with E-state index in [4.69, 9.17) is 19.3 Å². The molecule has 26 heavy (non-hydrogen) atoms. The molecule has 4 rings (SSSR count). The zero-order chi connectivity index (χ0) is 17.8. The quantitative estimate of drug-likeness (QED) is 0.683. The molecule has 1 aromatic carbocycles. The maximum atomic E-state index is 6.16. The Morgan fingerprint density at radius 3 is 2.96 bits per heavy atom. The zero-order valence-electron chi connectivity index (χ0n) is 14.7. The highest BCUT2D eigenvalue weighted by Gasteiger charge is 2.20. The van der Waals surface area contributed by atoms with Crippen LogP contribution in [0.1, 0.15) is 12.1 Å². The highest BCUT2D eigenvalue weighted by atomic mass is 16.5. The van der Waals surface area contributed by atoms with Crippen LogP contribution in [0.2, 0.25) is 0 Å². The van der Waals surface area contributed by atoms with E-state index >= 15 is 0 Å². The van der Waals surface area contributed by atoms with Crippen LogP contribution >= 0.6 is 0 Å². The second kappa shape index (κ2) is 7.58. The Kier molecular flexibility index (Phi) is 4.84. The third-order valence-electron chi connectivity index (χ3n) is 4.34. The third-order valence-corrected chi connectivity index (χ3v) is 4.34. The standard InChI is InChI=1S/C20H21N3O3/c1-24-16-5-6-18(20(12-16)26-17-8-11-25-14-17)19-7-10-23(22-19)13-15-4-2-3-9-21-15/h2-7,9-10,12,17H,8,11,13-14H2,1H3/t17-/m1/s1. The summed E-state index contributed by atoms with van der Waals surface area (Å²) >= 11 is 0. The van der Waals surface area contributed by atoms with E-state index in [9.17, 15) is 0 Å². The van der Waals surface area contributed by atoms with Gasteiger partial charge >= 0.3 is 0 Å². The van der Waals surface area contributed by atoms with Crippen molar-refractivity contribution in [2.75, 3.05) is 20.3 Å². The molecule has 0 amide bonds. The van der Waals surface area contributed by atoms with E-state index in [1.807, 2.05) is 53.3 Å². The maximum Gasteiger partial charge on any atom is 0.133 e. The van der Waals surface area contributed by atoms with Crippen LogP contribution in [0.5, 0.6) is 11.5 Å². The van der Waals surface area contributed by atoms with E-state index in [0.29, 0.717) is 13.2 Å². The van der Waals surface area contributed by atoms with Crippen LogP contribution in [0.25, 0.3) is 11.3 Å². The summed E-state index contributed by atoms with van der Waals surface area (Å²) in [7, 11) is 1.65. The second-order valence-corrected chi connectivity index (χ2v) is 6.19. The van der Waals surface area contributed by atoms with E-state index in [1.54, 1.807) is 13.3 Å². The summed E-state index contributed by atoms with van der Waals surface area (Å²) in [6.45, 7) is 1.98. The number of pyridine rings is 1. The molecule has 6 nitrogen and oxygen atoms in total. The summed E-state index contributed by atoms with van der Waals surface area (Å²) in [5.41, 5.74) is 2.77. The number of hydrogen-bond acceptors (Lipinski definition) is 5. The van der Waals surface area contributed by atoms with Gasteiger partial charge in [0.2, 0.25) is 0 Å². The molecule has 1 fully saturated rings. The number of rotatable bonds is 6. The molecule has 1 saturated heterocycles. The molecule has 0 bridgehead atoms. The minimum atomic E-state index is 0.0662. The van der Waals surface area contributed by atoms with E-state index in [-0.39, 0.29) is 6.10 Å². The van der Waals surface area contributed by atoms with Gasteiger partial charge in [-0.2, -0.15) is 5.10 Å². The molecular weight excluding hydrogens is 330 g/mol. The van der Waals surface area contributed by atoms with Crippen molar-refractivity contribution in [3.8, 4) is 22.8 Å². The van der Waals surface area contributed by atoms with Gasteiger partial charge < -0.3 is 14.2 Å². The first-order chi connectivity index (χ1) is 12.8. The Morgan fingerprint density at radius 1 is 1.23 bits per heavy atom. The SMILES string of the molecule is COc1ccc(-c2ccn(Cc3ccccn3)n2)c(O[C@@H]2CCOC2)c1. The largest absolute Gasteiger partial charge is 0.497 e. The molecule has 0 saturated carbocycles. The van der Waals surface area contributed by atoms with Crippen LogP contribution in [0.4, 0.5) is 0 Å². The molecule has 1 atom stereocenters. The van der Waals surface area contributed by atoms with Crippen molar-refractivity contribution in [2.24, 2.45) is 0 Å².